The van der Waals surface area contributed by atoms with Gasteiger partial charge in [-0.3, -0.25) is 0 Å². The number of benzene rings is 1. The van der Waals surface area contributed by atoms with Gasteiger partial charge in [-0.05, 0) is 37.1 Å². The van der Waals surface area contributed by atoms with Crippen LogP contribution in [-0.2, 0) is 6.54 Å². The van der Waals surface area contributed by atoms with E-state index >= 15 is 0 Å². The van der Waals surface area contributed by atoms with E-state index in [0.29, 0.717) is 12.5 Å². The molecule has 4 rings (SSSR count). The summed E-state index contributed by atoms with van der Waals surface area (Å²) in [6.45, 7) is 0.637. The molecule has 1 fully saturated rings. The van der Waals surface area contributed by atoms with Crippen LogP contribution < -0.4 is 5.32 Å². The van der Waals surface area contributed by atoms with E-state index in [1.54, 1.807) is 6.26 Å². The molecule has 0 saturated heterocycles. The Morgan fingerprint density at radius 1 is 1.10 bits per heavy atom. The number of nitrogens with zero attached hydrogens (tertiary/aromatic N) is 2. The Balaban J connectivity index is 1.71. The lowest BCUT2D eigenvalue weighted by atomic mass is 10.2. The monoisotopic (exact) mass is 265 g/mol. The summed E-state index contributed by atoms with van der Waals surface area (Å²) in [5.74, 6) is 3.31. The van der Waals surface area contributed by atoms with Gasteiger partial charge in [0.05, 0.1) is 18.3 Å². The van der Waals surface area contributed by atoms with Crippen LogP contribution in [0.25, 0.3) is 10.9 Å². The number of hydrogen-bond acceptors (Lipinski definition) is 4. The van der Waals surface area contributed by atoms with Crippen LogP contribution in [0.15, 0.2) is 47.1 Å². The van der Waals surface area contributed by atoms with Crippen molar-refractivity contribution in [2.45, 2.75) is 25.3 Å². The van der Waals surface area contributed by atoms with Gasteiger partial charge < -0.3 is 9.73 Å². The van der Waals surface area contributed by atoms with E-state index < -0.39 is 0 Å². The molecule has 1 aliphatic rings. The van der Waals surface area contributed by atoms with E-state index in [-0.39, 0.29) is 0 Å². The molecule has 1 aliphatic carbocycles. The molecule has 2 heterocycles. The van der Waals surface area contributed by atoms with Crippen LogP contribution in [0.1, 0.15) is 30.3 Å². The van der Waals surface area contributed by atoms with Crippen molar-refractivity contribution in [1.29, 1.82) is 0 Å². The Morgan fingerprint density at radius 2 is 2.00 bits per heavy atom. The topological polar surface area (TPSA) is 51.0 Å². The van der Waals surface area contributed by atoms with Gasteiger partial charge in [0.15, 0.2) is 0 Å². The maximum absolute atomic E-state index is 5.35. The number of nitrogens with one attached hydrogen (secondary N) is 1. The molecule has 0 unspecified atom stereocenters. The highest BCUT2D eigenvalue weighted by molar-refractivity contribution is 5.89. The van der Waals surface area contributed by atoms with Crippen molar-refractivity contribution < 1.29 is 4.42 Å². The quantitative estimate of drug-likeness (QED) is 0.781. The normalized spacial score (nSPS) is 14.6. The maximum atomic E-state index is 5.35. The number of rotatable bonds is 4. The fourth-order valence-electron chi connectivity index (χ4n) is 2.34. The lowest BCUT2D eigenvalue weighted by Gasteiger charge is -2.09. The molecule has 1 aromatic carbocycles. The lowest BCUT2D eigenvalue weighted by Crippen LogP contribution is -2.04. The van der Waals surface area contributed by atoms with Crippen LogP contribution in [0.2, 0.25) is 0 Å². The summed E-state index contributed by atoms with van der Waals surface area (Å²) in [6.07, 6.45) is 4.09. The summed E-state index contributed by atoms with van der Waals surface area (Å²) in [5.41, 5.74) is 1.01. The van der Waals surface area contributed by atoms with Crippen LogP contribution in [0.3, 0.4) is 0 Å². The molecule has 1 N–H and O–H groups in total. The first-order valence-corrected chi connectivity index (χ1v) is 6.93. The minimum absolute atomic E-state index is 0.545. The number of hydrogen-bond donors (Lipinski definition) is 1. The van der Waals surface area contributed by atoms with Crippen LogP contribution in [0.5, 0.6) is 0 Å². The molecule has 0 spiro atoms. The smallest absolute Gasteiger partial charge is 0.138 e. The summed E-state index contributed by atoms with van der Waals surface area (Å²) >= 11 is 0. The first-order valence-electron chi connectivity index (χ1n) is 6.93. The van der Waals surface area contributed by atoms with E-state index in [9.17, 15) is 0 Å². The van der Waals surface area contributed by atoms with Crippen LogP contribution in [0, 0.1) is 0 Å². The van der Waals surface area contributed by atoms with Crippen molar-refractivity contribution in [3.63, 3.8) is 0 Å². The largest absolute Gasteiger partial charge is 0.467 e. The predicted octanol–water partition coefficient (Wildman–Crippen LogP) is 3.71. The van der Waals surface area contributed by atoms with Gasteiger partial charge in [0.1, 0.15) is 17.4 Å². The number of para-hydroxylation sites is 1. The summed E-state index contributed by atoms with van der Waals surface area (Å²) in [6, 6.07) is 12.0. The summed E-state index contributed by atoms with van der Waals surface area (Å²) in [7, 11) is 0. The Bertz CT molecular complexity index is 733. The predicted molar refractivity (Wildman–Crippen MR) is 77.5 cm³/mol. The second kappa shape index (κ2) is 4.63. The highest BCUT2D eigenvalue weighted by Gasteiger charge is 2.27. The zero-order chi connectivity index (χ0) is 13.4. The third-order valence-corrected chi connectivity index (χ3v) is 3.57. The Hall–Kier alpha value is -2.36. The molecule has 3 aromatic rings. The van der Waals surface area contributed by atoms with Gasteiger partial charge in [-0.1, -0.05) is 12.1 Å². The van der Waals surface area contributed by atoms with E-state index in [2.05, 4.69) is 16.4 Å². The Labute approximate surface area is 116 Å². The fraction of sp³-hybridized carbons (Fsp3) is 0.250. The average Bonchev–Trinajstić information content (AvgIpc) is 3.21. The minimum atomic E-state index is 0.545. The van der Waals surface area contributed by atoms with E-state index in [1.807, 2.05) is 30.3 Å². The van der Waals surface area contributed by atoms with Crippen LogP contribution in [-0.4, -0.2) is 9.97 Å². The third kappa shape index (κ3) is 2.13. The molecule has 0 atom stereocenters. The number of anilines is 1. The summed E-state index contributed by atoms with van der Waals surface area (Å²) in [4.78, 5) is 9.37. The molecule has 1 saturated carbocycles. The van der Waals surface area contributed by atoms with E-state index in [4.69, 9.17) is 9.40 Å². The fourth-order valence-corrected chi connectivity index (χ4v) is 2.34. The first kappa shape index (κ1) is 11.5. The zero-order valence-electron chi connectivity index (χ0n) is 11.0. The maximum Gasteiger partial charge on any atom is 0.138 e. The molecule has 20 heavy (non-hydrogen) atoms. The van der Waals surface area contributed by atoms with Crippen molar-refractivity contribution in [3.05, 3.63) is 54.2 Å². The second-order valence-corrected chi connectivity index (χ2v) is 5.15. The molecule has 0 radical (unpaired) electrons. The Morgan fingerprint density at radius 3 is 2.80 bits per heavy atom. The summed E-state index contributed by atoms with van der Waals surface area (Å²) < 4.78 is 5.35. The van der Waals surface area contributed by atoms with Crippen LogP contribution >= 0.6 is 0 Å². The van der Waals surface area contributed by atoms with Gasteiger partial charge in [0, 0.05) is 11.3 Å². The van der Waals surface area contributed by atoms with Gasteiger partial charge in [0.2, 0.25) is 0 Å². The number of furan rings is 1. The molecule has 2 aromatic heterocycles. The minimum Gasteiger partial charge on any atom is -0.467 e. The van der Waals surface area contributed by atoms with Gasteiger partial charge in [0.25, 0.3) is 0 Å². The lowest BCUT2D eigenvalue weighted by molar-refractivity contribution is 0.518. The molecule has 0 aliphatic heterocycles. The van der Waals surface area contributed by atoms with E-state index in [0.717, 1.165) is 28.3 Å². The molecular weight excluding hydrogens is 250 g/mol. The number of aromatic nitrogens is 2. The van der Waals surface area contributed by atoms with Crippen molar-refractivity contribution in [1.82, 2.24) is 9.97 Å². The van der Waals surface area contributed by atoms with Gasteiger partial charge in [-0.15, -0.1) is 0 Å². The van der Waals surface area contributed by atoms with Gasteiger partial charge in [-0.2, -0.15) is 0 Å². The number of fused-ring (bicyclic) bond motifs is 1. The van der Waals surface area contributed by atoms with Crippen molar-refractivity contribution in [3.8, 4) is 0 Å². The molecule has 0 amide bonds. The highest BCUT2D eigenvalue weighted by Crippen LogP contribution is 2.39. The third-order valence-electron chi connectivity index (χ3n) is 3.57. The first-order chi connectivity index (χ1) is 9.90. The second-order valence-electron chi connectivity index (χ2n) is 5.15. The van der Waals surface area contributed by atoms with Gasteiger partial charge >= 0.3 is 0 Å². The van der Waals surface area contributed by atoms with Crippen molar-refractivity contribution in [2.75, 3.05) is 5.32 Å². The van der Waals surface area contributed by atoms with Crippen molar-refractivity contribution in [2.24, 2.45) is 0 Å². The average molecular weight is 265 g/mol. The summed E-state index contributed by atoms with van der Waals surface area (Å²) in [5, 5.41) is 4.43. The van der Waals surface area contributed by atoms with Crippen LogP contribution in [0.4, 0.5) is 5.82 Å². The SMILES string of the molecule is c1coc(CNc2nc(C3CC3)nc3ccccc23)c1. The zero-order valence-corrected chi connectivity index (χ0v) is 11.0. The molecule has 4 nitrogen and oxygen atoms in total. The van der Waals surface area contributed by atoms with Gasteiger partial charge in [-0.25, -0.2) is 9.97 Å². The standard InChI is InChI=1S/C16H15N3O/c1-2-6-14-13(5-1)16(17-10-12-4-3-9-20-12)19-15(18-14)11-7-8-11/h1-6,9,11H,7-8,10H2,(H,17,18,19). The molecule has 4 heteroatoms. The molecular formula is C16H15N3O. The Kier molecular flexibility index (Phi) is 2.66. The van der Waals surface area contributed by atoms with Crippen molar-refractivity contribution >= 4 is 16.7 Å². The van der Waals surface area contributed by atoms with E-state index in [1.165, 1.54) is 12.8 Å². The molecule has 0 bridgehead atoms. The highest BCUT2D eigenvalue weighted by atomic mass is 16.3. The molecule has 100 valence electrons.